The van der Waals surface area contributed by atoms with Gasteiger partial charge < -0.3 is 5.32 Å². The number of rotatable bonds is 5. The number of hydrogen-bond donors (Lipinski definition) is 1. The lowest BCUT2D eigenvalue weighted by Gasteiger charge is -2.28. The molecule has 2 saturated carbocycles. The molecule has 0 unspecified atom stereocenters. The van der Waals surface area contributed by atoms with Crippen LogP contribution in [-0.4, -0.2) is 21.7 Å². The average molecular weight is 303 g/mol. The third-order valence-corrected chi connectivity index (χ3v) is 5.33. The number of aryl methyl sites for hydroxylation is 1. The number of aromatic nitrogens is 2. The van der Waals surface area contributed by atoms with Gasteiger partial charge in [-0.05, 0) is 56.4 Å². The van der Waals surface area contributed by atoms with Gasteiger partial charge in [-0.15, -0.1) is 0 Å². The molecule has 22 heavy (non-hydrogen) atoms. The van der Waals surface area contributed by atoms with E-state index in [0.717, 1.165) is 18.3 Å². The van der Waals surface area contributed by atoms with E-state index in [1.54, 1.807) is 0 Å². The van der Waals surface area contributed by atoms with Crippen molar-refractivity contribution >= 4 is 5.91 Å². The van der Waals surface area contributed by atoms with Crippen molar-refractivity contribution in [1.82, 2.24) is 15.1 Å². The molecule has 1 aromatic heterocycles. The van der Waals surface area contributed by atoms with E-state index in [2.05, 4.69) is 17.3 Å². The van der Waals surface area contributed by atoms with Crippen molar-refractivity contribution in [2.24, 2.45) is 17.8 Å². The van der Waals surface area contributed by atoms with Crippen LogP contribution in [0.1, 0.15) is 56.4 Å². The van der Waals surface area contributed by atoms with E-state index >= 15 is 0 Å². The smallest absolute Gasteiger partial charge is 0.271 e. The molecule has 120 valence electrons. The summed E-state index contributed by atoms with van der Waals surface area (Å²) in [6.45, 7) is 4.63. The van der Waals surface area contributed by atoms with Crippen molar-refractivity contribution in [2.75, 3.05) is 0 Å². The van der Waals surface area contributed by atoms with Crippen LogP contribution in [-0.2, 0) is 6.54 Å². The lowest BCUT2D eigenvalue weighted by atomic mass is 9.84. The van der Waals surface area contributed by atoms with Crippen LogP contribution in [0.4, 0.5) is 0 Å². The molecule has 2 fully saturated rings. The topological polar surface area (TPSA) is 64.0 Å². The molecule has 0 aromatic carbocycles. The predicted molar refractivity (Wildman–Crippen MR) is 84.7 cm³/mol. The van der Waals surface area contributed by atoms with Gasteiger partial charge in [0.1, 0.15) is 5.69 Å². The standard InChI is InChI=1S/C17H25N3O2/c1-3-8-20-16(21)7-6-15(19-20)17(22)18-11(2)14-10-12-4-5-13(14)9-12/h6-7,11-14H,3-5,8-10H2,1-2H3,(H,18,22)/t11-,12+,13+,14+/m0/s1. The Kier molecular flexibility index (Phi) is 4.32. The van der Waals surface area contributed by atoms with Crippen LogP contribution < -0.4 is 10.9 Å². The molecular formula is C17H25N3O2. The molecule has 1 aromatic rings. The molecule has 1 amide bonds. The van der Waals surface area contributed by atoms with Crippen molar-refractivity contribution < 1.29 is 4.79 Å². The molecule has 0 saturated heterocycles. The first kappa shape index (κ1) is 15.3. The number of hydrogen-bond acceptors (Lipinski definition) is 3. The first-order chi connectivity index (χ1) is 10.6. The molecule has 2 aliphatic rings. The summed E-state index contributed by atoms with van der Waals surface area (Å²) in [6, 6.07) is 3.13. The van der Waals surface area contributed by atoms with Gasteiger partial charge in [-0.2, -0.15) is 5.10 Å². The number of carbonyl (C=O) groups excluding carboxylic acids is 1. The van der Waals surface area contributed by atoms with Gasteiger partial charge in [0, 0.05) is 18.7 Å². The predicted octanol–water partition coefficient (Wildman–Crippen LogP) is 2.21. The van der Waals surface area contributed by atoms with Crippen LogP contribution in [0.3, 0.4) is 0 Å². The highest BCUT2D eigenvalue weighted by Gasteiger charge is 2.42. The maximum atomic E-state index is 12.4. The Morgan fingerprint density at radius 3 is 2.86 bits per heavy atom. The average Bonchev–Trinajstić information content (AvgIpc) is 3.12. The maximum absolute atomic E-state index is 12.4. The molecule has 3 rings (SSSR count). The molecule has 5 heteroatoms. The summed E-state index contributed by atoms with van der Waals surface area (Å²) in [6.07, 6.45) is 6.08. The summed E-state index contributed by atoms with van der Waals surface area (Å²) in [4.78, 5) is 24.1. The molecular weight excluding hydrogens is 278 g/mol. The SMILES string of the molecule is CCCn1nc(C(=O)N[C@@H](C)[C@H]2C[C@@H]3CC[C@@H]2C3)ccc1=O. The molecule has 4 atom stereocenters. The third kappa shape index (κ3) is 2.94. The van der Waals surface area contributed by atoms with E-state index in [1.165, 1.54) is 42.5 Å². The normalized spacial score (nSPS) is 27.8. The molecule has 0 aliphatic heterocycles. The zero-order valence-electron chi connectivity index (χ0n) is 13.4. The lowest BCUT2D eigenvalue weighted by Crippen LogP contribution is -2.41. The summed E-state index contributed by atoms with van der Waals surface area (Å²) < 4.78 is 1.37. The Hall–Kier alpha value is -1.65. The minimum absolute atomic E-state index is 0.153. The minimum Gasteiger partial charge on any atom is -0.348 e. The van der Waals surface area contributed by atoms with Gasteiger partial charge in [-0.25, -0.2) is 4.68 Å². The highest BCUT2D eigenvalue weighted by atomic mass is 16.2. The van der Waals surface area contributed by atoms with E-state index in [0.29, 0.717) is 18.2 Å². The number of fused-ring (bicyclic) bond motifs is 2. The van der Waals surface area contributed by atoms with Gasteiger partial charge in [0.05, 0.1) is 0 Å². The van der Waals surface area contributed by atoms with Crippen molar-refractivity contribution in [3.8, 4) is 0 Å². The van der Waals surface area contributed by atoms with Gasteiger partial charge in [-0.3, -0.25) is 9.59 Å². The number of amides is 1. The van der Waals surface area contributed by atoms with Gasteiger partial charge in [0.25, 0.3) is 11.5 Å². The fourth-order valence-electron chi connectivity index (χ4n) is 4.24. The second-order valence-electron chi connectivity index (χ2n) is 6.88. The van der Waals surface area contributed by atoms with Crippen molar-refractivity contribution in [1.29, 1.82) is 0 Å². The van der Waals surface area contributed by atoms with Crippen LogP contribution in [0.25, 0.3) is 0 Å². The number of nitrogens with zero attached hydrogens (tertiary/aromatic N) is 2. The molecule has 0 spiro atoms. The van der Waals surface area contributed by atoms with Gasteiger partial charge in [0.2, 0.25) is 0 Å². The lowest BCUT2D eigenvalue weighted by molar-refractivity contribution is 0.0907. The fourth-order valence-corrected chi connectivity index (χ4v) is 4.24. The summed E-state index contributed by atoms with van der Waals surface area (Å²) in [7, 11) is 0. The highest BCUT2D eigenvalue weighted by Crippen LogP contribution is 2.49. The Morgan fingerprint density at radius 1 is 1.41 bits per heavy atom. The molecule has 1 N–H and O–H groups in total. The summed E-state index contributed by atoms with van der Waals surface area (Å²) in [5.41, 5.74) is 0.183. The second kappa shape index (κ2) is 6.23. The Bertz CT molecular complexity index is 610. The molecule has 2 bridgehead atoms. The van der Waals surface area contributed by atoms with E-state index in [1.807, 2.05) is 6.92 Å². The van der Waals surface area contributed by atoms with E-state index in [9.17, 15) is 9.59 Å². The van der Waals surface area contributed by atoms with E-state index < -0.39 is 0 Å². The first-order valence-corrected chi connectivity index (χ1v) is 8.47. The zero-order valence-corrected chi connectivity index (χ0v) is 13.4. The molecule has 5 nitrogen and oxygen atoms in total. The monoisotopic (exact) mass is 303 g/mol. The quantitative estimate of drug-likeness (QED) is 0.907. The van der Waals surface area contributed by atoms with Gasteiger partial charge in [-0.1, -0.05) is 13.3 Å². The van der Waals surface area contributed by atoms with Crippen LogP contribution in [0.15, 0.2) is 16.9 Å². The fraction of sp³-hybridized carbons (Fsp3) is 0.706. The summed E-state index contributed by atoms with van der Waals surface area (Å²) in [5, 5.41) is 7.28. The summed E-state index contributed by atoms with van der Waals surface area (Å²) >= 11 is 0. The van der Waals surface area contributed by atoms with Crippen LogP contribution in [0.2, 0.25) is 0 Å². The zero-order chi connectivity index (χ0) is 15.7. The Labute approximate surface area is 131 Å². The van der Waals surface area contributed by atoms with Gasteiger partial charge >= 0.3 is 0 Å². The van der Waals surface area contributed by atoms with Crippen molar-refractivity contribution in [2.45, 2.75) is 58.5 Å². The minimum atomic E-state index is -0.167. The highest BCUT2D eigenvalue weighted by molar-refractivity contribution is 5.92. The largest absolute Gasteiger partial charge is 0.348 e. The number of nitrogens with one attached hydrogen (secondary N) is 1. The van der Waals surface area contributed by atoms with E-state index in [4.69, 9.17) is 0 Å². The van der Waals surface area contributed by atoms with Crippen LogP contribution in [0.5, 0.6) is 0 Å². The van der Waals surface area contributed by atoms with Crippen LogP contribution in [0, 0.1) is 17.8 Å². The molecule has 2 aliphatic carbocycles. The second-order valence-corrected chi connectivity index (χ2v) is 6.88. The summed E-state index contributed by atoms with van der Waals surface area (Å²) in [5.74, 6) is 2.09. The third-order valence-electron chi connectivity index (χ3n) is 5.33. The number of carbonyl (C=O) groups is 1. The Balaban J connectivity index is 1.66. The van der Waals surface area contributed by atoms with Crippen molar-refractivity contribution in [3.63, 3.8) is 0 Å². The maximum Gasteiger partial charge on any atom is 0.271 e. The van der Waals surface area contributed by atoms with Crippen LogP contribution >= 0.6 is 0 Å². The first-order valence-electron chi connectivity index (χ1n) is 8.47. The van der Waals surface area contributed by atoms with Crippen molar-refractivity contribution in [3.05, 3.63) is 28.2 Å². The van der Waals surface area contributed by atoms with E-state index in [-0.39, 0.29) is 17.5 Å². The molecule has 0 radical (unpaired) electrons. The molecule has 1 heterocycles. The Morgan fingerprint density at radius 2 is 2.23 bits per heavy atom. The van der Waals surface area contributed by atoms with Gasteiger partial charge in [0.15, 0.2) is 0 Å².